The molecule has 4 heteroatoms. The van der Waals surface area contributed by atoms with E-state index in [2.05, 4.69) is 27.8 Å². The van der Waals surface area contributed by atoms with E-state index in [4.69, 9.17) is 10.5 Å². The molecule has 1 rings (SSSR count). The minimum absolute atomic E-state index is 0.298. The van der Waals surface area contributed by atoms with Crippen LogP contribution in [0.1, 0.15) is 6.92 Å². The molecule has 0 aliphatic rings. The molecule has 1 aromatic carbocycles. The number of methoxy groups -OCH3 is 1. The Morgan fingerprint density at radius 1 is 1.53 bits per heavy atom. The highest BCUT2D eigenvalue weighted by Crippen LogP contribution is 2.27. The number of benzene rings is 1. The normalized spacial score (nSPS) is 12.5. The second-order valence-electron chi connectivity index (χ2n) is 3.62. The molecule has 15 heavy (non-hydrogen) atoms. The SMILES string of the molecule is COCC(C)N(C)c1cc(Br)ccc1N. The van der Waals surface area contributed by atoms with E-state index in [-0.39, 0.29) is 0 Å². The van der Waals surface area contributed by atoms with Gasteiger partial charge in [0, 0.05) is 24.7 Å². The minimum atomic E-state index is 0.298. The fourth-order valence-electron chi connectivity index (χ4n) is 1.41. The van der Waals surface area contributed by atoms with Gasteiger partial charge in [-0.1, -0.05) is 15.9 Å². The Balaban J connectivity index is 2.89. The molecule has 0 aromatic heterocycles. The van der Waals surface area contributed by atoms with Crippen LogP contribution in [0.2, 0.25) is 0 Å². The molecule has 1 aromatic rings. The highest BCUT2D eigenvalue weighted by Gasteiger charge is 2.12. The molecule has 0 amide bonds. The van der Waals surface area contributed by atoms with Gasteiger partial charge in [0.2, 0.25) is 0 Å². The van der Waals surface area contributed by atoms with Crippen LogP contribution in [0.25, 0.3) is 0 Å². The first-order chi connectivity index (χ1) is 7.06. The van der Waals surface area contributed by atoms with Crippen molar-refractivity contribution in [2.24, 2.45) is 0 Å². The van der Waals surface area contributed by atoms with Gasteiger partial charge in [0.25, 0.3) is 0 Å². The molecule has 0 aliphatic heterocycles. The maximum absolute atomic E-state index is 5.92. The molecule has 2 N–H and O–H groups in total. The Labute approximate surface area is 99.3 Å². The molecular formula is C11H17BrN2O. The second kappa shape index (κ2) is 5.37. The summed E-state index contributed by atoms with van der Waals surface area (Å²) in [6.07, 6.45) is 0. The standard InChI is InChI=1S/C11H17BrN2O/c1-8(7-15-3)14(2)11-6-9(12)4-5-10(11)13/h4-6,8H,7,13H2,1-3H3. The van der Waals surface area contributed by atoms with Crippen molar-refractivity contribution in [3.63, 3.8) is 0 Å². The van der Waals surface area contributed by atoms with Gasteiger partial charge in [-0.25, -0.2) is 0 Å². The zero-order valence-electron chi connectivity index (χ0n) is 9.33. The van der Waals surface area contributed by atoms with Crippen LogP contribution in [0, 0.1) is 0 Å². The number of rotatable bonds is 4. The van der Waals surface area contributed by atoms with E-state index in [1.54, 1.807) is 7.11 Å². The average Bonchev–Trinajstić information content (AvgIpc) is 2.21. The first-order valence-corrected chi connectivity index (χ1v) is 5.62. The molecule has 0 spiro atoms. The van der Waals surface area contributed by atoms with Gasteiger partial charge < -0.3 is 15.4 Å². The number of nitrogens with two attached hydrogens (primary N) is 1. The van der Waals surface area contributed by atoms with Crippen molar-refractivity contribution in [3.8, 4) is 0 Å². The maximum atomic E-state index is 5.92. The van der Waals surface area contributed by atoms with Crippen LogP contribution < -0.4 is 10.6 Å². The van der Waals surface area contributed by atoms with Crippen molar-refractivity contribution in [2.75, 3.05) is 31.4 Å². The van der Waals surface area contributed by atoms with E-state index >= 15 is 0 Å². The smallest absolute Gasteiger partial charge is 0.0663 e. The van der Waals surface area contributed by atoms with Crippen LogP contribution in [0.15, 0.2) is 22.7 Å². The van der Waals surface area contributed by atoms with Crippen molar-refractivity contribution >= 4 is 27.3 Å². The highest BCUT2D eigenvalue weighted by atomic mass is 79.9. The Morgan fingerprint density at radius 2 is 2.20 bits per heavy atom. The molecule has 1 unspecified atom stereocenters. The van der Waals surface area contributed by atoms with E-state index in [0.717, 1.165) is 15.8 Å². The van der Waals surface area contributed by atoms with E-state index in [1.807, 2.05) is 25.2 Å². The Hall–Kier alpha value is -0.740. The lowest BCUT2D eigenvalue weighted by Gasteiger charge is -2.27. The van der Waals surface area contributed by atoms with Gasteiger partial charge in [-0.2, -0.15) is 0 Å². The van der Waals surface area contributed by atoms with Crippen molar-refractivity contribution < 1.29 is 4.74 Å². The van der Waals surface area contributed by atoms with Crippen LogP contribution in [-0.2, 0) is 4.74 Å². The van der Waals surface area contributed by atoms with E-state index in [9.17, 15) is 0 Å². The molecule has 0 heterocycles. The molecule has 3 nitrogen and oxygen atoms in total. The summed E-state index contributed by atoms with van der Waals surface area (Å²) >= 11 is 3.44. The van der Waals surface area contributed by atoms with Crippen molar-refractivity contribution in [1.29, 1.82) is 0 Å². The number of likely N-dealkylation sites (N-methyl/N-ethyl adjacent to an activating group) is 1. The zero-order valence-corrected chi connectivity index (χ0v) is 10.9. The summed E-state index contributed by atoms with van der Waals surface area (Å²) in [5.41, 5.74) is 7.72. The Bertz CT molecular complexity index is 330. The number of halogens is 1. The van der Waals surface area contributed by atoms with Gasteiger partial charge in [-0.15, -0.1) is 0 Å². The van der Waals surface area contributed by atoms with Crippen LogP contribution in [-0.4, -0.2) is 26.8 Å². The van der Waals surface area contributed by atoms with Gasteiger partial charge in [-0.3, -0.25) is 0 Å². The third-order valence-electron chi connectivity index (χ3n) is 2.44. The van der Waals surface area contributed by atoms with Gasteiger partial charge >= 0.3 is 0 Å². The minimum Gasteiger partial charge on any atom is -0.397 e. The van der Waals surface area contributed by atoms with E-state index in [1.165, 1.54) is 0 Å². The quantitative estimate of drug-likeness (QED) is 0.857. The summed E-state index contributed by atoms with van der Waals surface area (Å²) in [6.45, 7) is 2.78. The number of hydrogen-bond acceptors (Lipinski definition) is 3. The van der Waals surface area contributed by atoms with Crippen LogP contribution in [0.4, 0.5) is 11.4 Å². The summed E-state index contributed by atoms with van der Waals surface area (Å²) in [5, 5.41) is 0. The third-order valence-corrected chi connectivity index (χ3v) is 2.93. The number of anilines is 2. The van der Waals surface area contributed by atoms with Gasteiger partial charge in [0.15, 0.2) is 0 Å². The van der Waals surface area contributed by atoms with Crippen LogP contribution >= 0.6 is 15.9 Å². The maximum Gasteiger partial charge on any atom is 0.0663 e. The molecule has 84 valence electrons. The lowest BCUT2D eigenvalue weighted by atomic mass is 10.2. The van der Waals surface area contributed by atoms with Gasteiger partial charge in [-0.05, 0) is 25.1 Å². The molecule has 0 fully saturated rings. The number of hydrogen-bond donors (Lipinski definition) is 1. The topological polar surface area (TPSA) is 38.5 Å². The molecule has 0 saturated carbocycles. The van der Waals surface area contributed by atoms with E-state index in [0.29, 0.717) is 12.6 Å². The second-order valence-corrected chi connectivity index (χ2v) is 4.53. The van der Waals surface area contributed by atoms with Gasteiger partial charge in [0.05, 0.1) is 18.0 Å². The largest absolute Gasteiger partial charge is 0.397 e. The predicted molar refractivity (Wildman–Crippen MR) is 68.3 cm³/mol. The first kappa shape index (κ1) is 12.3. The third kappa shape index (κ3) is 3.11. The fourth-order valence-corrected chi connectivity index (χ4v) is 1.76. The first-order valence-electron chi connectivity index (χ1n) is 4.83. The molecule has 0 radical (unpaired) electrons. The van der Waals surface area contributed by atoms with Crippen molar-refractivity contribution in [2.45, 2.75) is 13.0 Å². The summed E-state index contributed by atoms with van der Waals surface area (Å²) < 4.78 is 6.15. The highest BCUT2D eigenvalue weighted by molar-refractivity contribution is 9.10. The molecule has 0 saturated heterocycles. The van der Waals surface area contributed by atoms with Crippen LogP contribution in [0.5, 0.6) is 0 Å². The molecule has 0 aliphatic carbocycles. The van der Waals surface area contributed by atoms with Crippen molar-refractivity contribution in [3.05, 3.63) is 22.7 Å². The van der Waals surface area contributed by atoms with Gasteiger partial charge in [0.1, 0.15) is 0 Å². The average molecular weight is 273 g/mol. The summed E-state index contributed by atoms with van der Waals surface area (Å²) in [7, 11) is 3.72. The monoisotopic (exact) mass is 272 g/mol. The number of nitrogens with zero attached hydrogens (tertiary/aromatic N) is 1. The molecular weight excluding hydrogens is 256 g/mol. The fraction of sp³-hybridized carbons (Fsp3) is 0.455. The number of ether oxygens (including phenoxy) is 1. The lowest BCUT2D eigenvalue weighted by Crippen LogP contribution is -2.33. The van der Waals surface area contributed by atoms with Crippen molar-refractivity contribution in [1.82, 2.24) is 0 Å². The number of nitrogen functional groups attached to an aromatic ring is 1. The summed E-state index contributed by atoms with van der Waals surface area (Å²) in [5.74, 6) is 0. The molecule has 1 atom stereocenters. The predicted octanol–water partition coefficient (Wildman–Crippen LogP) is 2.50. The Kier molecular flexibility index (Phi) is 4.42. The zero-order chi connectivity index (χ0) is 11.4. The van der Waals surface area contributed by atoms with E-state index < -0.39 is 0 Å². The summed E-state index contributed by atoms with van der Waals surface area (Å²) in [6, 6.07) is 6.15. The Morgan fingerprint density at radius 3 is 2.80 bits per heavy atom. The van der Waals surface area contributed by atoms with Crippen LogP contribution in [0.3, 0.4) is 0 Å². The molecule has 0 bridgehead atoms. The lowest BCUT2D eigenvalue weighted by molar-refractivity contribution is 0.183. The summed E-state index contributed by atoms with van der Waals surface area (Å²) in [4.78, 5) is 2.11.